The van der Waals surface area contributed by atoms with Crippen molar-refractivity contribution in [1.82, 2.24) is 19.5 Å². The Morgan fingerprint density at radius 3 is 2.59 bits per heavy atom. The molecule has 11 nitrogen and oxygen atoms in total. The summed E-state index contributed by atoms with van der Waals surface area (Å²) in [5.74, 6) is 0.809. The maximum atomic E-state index is 12.1. The molecule has 190 valence electrons. The maximum Gasteiger partial charge on any atom is 0.472 e. The van der Waals surface area contributed by atoms with Crippen molar-refractivity contribution in [3.8, 4) is 0 Å². The van der Waals surface area contributed by atoms with Gasteiger partial charge in [0.25, 0.3) is 0 Å². The van der Waals surface area contributed by atoms with Crippen molar-refractivity contribution in [1.29, 1.82) is 0 Å². The van der Waals surface area contributed by atoms with Gasteiger partial charge in [-0.2, -0.15) is 0 Å². The van der Waals surface area contributed by atoms with Crippen LogP contribution in [-0.2, 0) is 23.1 Å². The first kappa shape index (κ1) is 25.5. The van der Waals surface area contributed by atoms with Gasteiger partial charge >= 0.3 is 7.82 Å². The molecule has 34 heavy (non-hydrogen) atoms. The Labute approximate surface area is 200 Å². The number of rotatable bonds is 12. The van der Waals surface area contributed by atoms with E-state index in [2.05, 4.69) is 40.6 Å². The topological polar surface area (TPSA) is 121 Å². The molecule has 4 rings (SSSR count). The summed E-state index contributed by atoms with van der Waals surface area (Å²) >= 11 is 0. The Morgan fingerprint density at radius 1 is 1.15 bits per heavy atom. The Morgan fingerprint density at radius 2 is 1.88 bits per heavy atom. The van der Waals surface area contributed by atoms with Crippen molar-refractivity contribution >= 4 is 24.8 Å². The highest BCUT2D eigenvalue weighted by Crippen LogP contribution is 2.53. The molecular weight excluding hydrogens is 461 g/mol. The Hall–Kier alpha value is -1.62. The van der Waals surface area contributed by atoms with Gasteiger partial charge in [0.1, 0.15) is 24.6 Å². The molecule has 4 heterocycles. The fourth-order valence-electron chi connectivity index (χ4n) is 4.37. The zero-order valence-electron chi connectivity index (χ0n) is 20.2. The second-order valence-electron chi connectivity index (χ2n) is 8.80. The van der Waals surface area contributed by atoms with Gasteiger partial charge in [0, 0.05) is 19.7 Å². The van der Waals surface area contributed by atoms with E-state index in [0.29, 0.717) is 17.8 Å². The Kier molecular flexibility index (Phi) is 8.55. The van der Waals surface area contributed by atoms with E-state index in [0.717, 1.165) is 57.4 Å². The molecule has 2 aliphatic heterocycles. The summed E-state index contributed by atoms with van der Waals surface area (Å²) in [7, 11) is -4.14. The molecule has 2 aromatic rings. The molecule has 0 bridgehead atoms. The minimum absolute atomic E-state index is 0.0444. The van der Waals surface area contributed by atoms with E-state index in [1.807, 2.05) is 4.57 Å². The molecule has 0 spiro atoms. The summed E-state index contributed by atoms with van der Waals surface area (Å²) in [5, 5.41) is 0. The van der Waals surface area contributed by atoms with E-state index in [9.17, 15) is 9.46 Å². The predicted molar refractivity (Wildman–Crippen MR) is 127 cm³/mol. The zero-order chi connectivity index (χ0) is 24.1. The molecule has 0 amide bonds. The number of hydrogen-bond donors (Lipinski definition) is 1. The van der Waals surface area contributed by atoms with Crippen LogP contribution in [0.2, 0.25) is 0 Å². The molecule has 2 aromatic heterocycles. The van der Waals surface area contributed by atoms with Crippen molar-refractivity contribution in [3.05, 3.63) is 12.7 Å². The molecule has 1 unspecified atom stereocenters. The largest absolute Gasteiger partial charge is 0.472 e. The smallest absolute Gasteiger partial charge is 0.371 e. The van der Waals surface area contributed by atoms with Crippen molar-refractivity contribution in [2.45, 2.75) is 83.8 Å². The molecule has 5 atom stereocenters. The first-order valence-corrected chi connectivity index (χ1v) is 13.8. The summed E-state index contributed by atoms with van der Waals surface area (Å²) in [4.78, 5) is 25.9. The van der Waals surface area contributed by atoms with Crippen LogP contribution in [0.1, 0.15) is 65.5 Å². The lowest BCUT2D eigenvalue weighted by atomic mass is 10.1. The molecule has 0 saturated carbocycles. The van der Waals surface area contributed by atoms with Crippen LogP contribution in [0.15, 0.2) is 12.7 Å². The van der Waals surface area contributed by atoms with E-state index in [4.69, 9.17) is 18.5 Å². The molecule has 0 aromatic carbocycles. The monoisotopic (exact) mass is 497 g/mol. The first-order chi connectivity index (χ1) is 16.5. The summed E-state index contributed by atoms with van der Waals surface area (Å²) < 4.78 is 36.7. The van der Waals surface area contributed by atoms with Gasteiger partial charge in [0.15, 0.2) is 23.2 Å². The lowest BCUT2D eigenvalue weighted by Crippen LogP contribution is -2.40. The SMILES string of the molecule is CCCCO[C@@H]1[C@@H]2OP(=O)(O)OC[C@H]2O[C@H]1n1cnc2c(N(CCCC)CCCC)ncnc21. The molecule has 2 fully saturated rings. The van der Waals surface area contributed by atoms with Crippen LogP contribution >= 0.6 is 7.82 Å². The van der Waals surface area contributed by atoms with Gasteiger partial charge in [-0.05, 0) is 19.3 Å². The van der Waals surface area contributed by atoms with Gasteiger partial charge in [-0.15, -0.1) is 0 Å². The van der Waals surface area contributed by atoms with Gasteiger partial charge in [0.2, 0.25) is 0 Å². The molecule has 12 heteroatoms. The molecule has 0 radical (unpaired) electrons. The minimum atomic E-state index is -4.14. The number of hydrogen-bond acceptors (Lipinski definition) is 9. The summed E-state index contributed by atoms with van der Waals surface area (Å²) in [6.45, 7) is 8.67. The third-order valence-electron chi connectivity index (χ3n) is 6.23. The molecule has 2 saturated heterocycles. The minimum Gasteiger partial charge on any atom is -0.371 e. The number of ether oxygens (including phenoxy) is 2. The van der Waals surface area contributed by atoms with Gasteiger partial charge < -0.3 is 19.3 Å². The fourth-order valence-corrected chi connectivity index (χ4v) is 5.32. The van der Waals surface area contributed by atoms with Crippen LogP contribution in [0.25, 0.3) is 11.2 Å². The van der Waals surface area contributed by atoms with Gasteiger partial charge in [-0.3, -0.25) is 13.6 Å². The third-order valence-corrected chi connectivity index (χ3v) is 7.21. The molecular formula is C22H36N5O6P. The Balaban J connectivity index is 1.66. The highest BCUT2D eigenvalue weighted by Gasteiger charge is 2.54. The number of anilines is 1. The standard InChI is InChI=1S/C22H36N5O6P/c1-4-7-10-26(11-8-5-2)20-17-21(24-14-23-20)27(15-25-17)22-19(30-12-9-6-3)18-16(32-22)13-31-34(28,29)33-18/h14-16,18-19,22H,4-13H2,1-3H3,(H,28,29)/t16-,18-,19-,22-/m1/s1. The van der Waals surface area contributed by atoms with Crippen LogP contribution in [0, 0.1) is 0 Å². The number of nitrogens with zero attached hydrogens (tertiary/aromatic N) is 5. The van der Waals surface area contributed by atoms with E-state index in [1.165, 1.54) is 0 Å². The summed E-state index contributed by atoms with van der Waals surface area (Å²) in [6, 6.07) is 0. The van der Waals surface area contributed by atoms with Gasteiger partial charge in [-0.1, -0.05) is 40.0 Å². The summed E-state index contributed by atoms with van der Waals surface area (Å²) in [6.07, 6.45) is 6.89. The quantitative estimate of drug-likeness (QED) is 0.342. The number of imidazole rings is 1. The number of unbranched alkanes of at least 4 members (excludes halogenated alkanes) is 3. The lowest BCUT2D eigenvalue weighted by molar-refractivity contribution is -0.0684. The van der Waals surface area contributed by atoms with Crippen molar-refractivity contribution < 1.29 is 28.0 Å². The van der Waals surface area contributed by atoms with Crippen molar-refractivity contribution in [3.63, 3.8) is 0 Å². The van der Waals surface area contributed by atoms with Crippen molar-refractivity contribution in [2.75, 3.05) is 31.2 Å². The number of phosphoric acid groups is 1. The highest BCUT2D eigenvalue weighted by atomic mass is 31.2. The van der Waals surface area contributed by atoms with Crippen LogP contribution in [-0.4, -0.2) is 69.0 Å². The van der Waals surface area contributed by atoms with E-state index < -0.39 is 32.4 Å². The second kappa shape index (κ2) is 11.4. The highest BCUT2D eigenvalue weighted by molar-refractivity contribution is 7.47. The molecule has 2 aliphatic rings. The number of phosphoric ester groups is 1. The van der Waals surface area contributed by atoms with E-state index in [-0.39, 0.29) is 6.61 Å². The first-order valence-electron chi connectivity index (χ1n) is 12.3. The average molecular weight is 498 g/mol. The zero-order valence-corrected chi connectivity index (χ0v) is 21.1. The van der Waals surface area contributed by atoms with Crippen LogP contribution in [0.3, 0.4) is 0 Å². The van der Waals surface area contributed by atoms with Crippen molar-refractivity contribution in [2.24, 2.45) is 0 Å². The lowest BCUT2D eigenvalue weighted by Gasteiger charge is -2.29. The van der Waals surface area contributed by atoms with Gasteiger partial charge in [-0.25, -0.2) is 19.5 Å². The normalized spacial score (nSPS) is 28.9. The third kappa shape index (κ3) is 5.45. The summed E-state index contributed by atoms with van der Waals surface area (Å²) in [5.41, 5.74) is 1.33. The average Bonchev–Trinajstić information content (AvgIpc) is 3.40. The van der Waals surface area contributed by atoms with E-state index >= 15 is 0 Å². The van der Waals surface area contributed by atoms with E-state index in [1.54, 1.807) is 12.7 Å². The number of fused-ring (bicyclic) bond motifs is 2. The molecule has 1 N–H and O–H groups in total. The fraction of sp³-hybridized carbons (Fsp3) is 0.773. The Bertz CT molecular complexity index is 982. The molecule has 0 aliphatic carbocycles. The maximum absolute atomic E-state index is 12.1. The van der Waals surface area contributed by atoms with Gasteiger partial charge in [0.05, 0.1) is 12.9 Å². The van der Waals surface area contributed by atoms with Crippen LogP contribution < -0.4 is 4.90 Å². The van der Waals surface area contributed by atoms with Crippen LogP contribution in [0.5, 0.6) is 0 Å². The van der Waals surface area contributed by atoms with Crippen LogP contribution in [0.4, 0.5) is 5.82 Å². The predicted octanol–water partition coefficient (Wildman–Crippen LogP) is 3.83. The number of aromatic nitrogens is 4. The second-order valence-corrected chi connectivity index (χ2v) is 10.2.